The minimum Gasteiger partial charge on any atom is -0.399 e. The number of hydrogen-bond acceptors (Lipinski definition) is 3. The van der Waals surface area contributed by atoms with Crippen LogP contribution in [0.1, 0.15) is 25.7 Å². The van der Waals surface area contributed by atoms with Gasteiger partial charge in [-0.15, -0.1) is 0 Å². The smallest absolute Gasteiger partial charge is 0.322 e. The van der Waals surface area contributed by atoms with Gasteiger partial charge in [0.2, 0.25) is 0 Å². The molecular formula is C14H21N3O2. The number of aliphatic hydroxyl groups is 1. The van der Waals surface area contributed by atoms with E-state index >= 15 is 0 Å². The largest absolute Gasteiger partial charge is 0.399 e. The molecule has 19 heavy (non-hydrogen) atoms. The highest BCUT2D eigenvalue weighted by Gasteiger charge is 2.26. The first kappa shape index (κ1) is 13.7. The van der Waals surface area contributed by atoms with E-state index in [1.54, 1.807) is 12.1 Å². The van der Waals surface area contributed by atoms with Gasteiger partial charge in [-0.05, 0) is 43.9 Å². The van der Waals surface area contributed by atoms with Crippen molar-refractivity contribution < 1.29 is 9.90 Å². The number of urea groups is 1. The van der Waals surface area contributed by atoms with Crippen LogP contribution in [0.15, 0.2) is 24.3 Å². The Morgan fingerprint density at radius 3 is 3.05 bits per heavy atom. The first-order chi connectivity index (χ1) is 9.20. The summed E-state index contributed by atoms with van der Waals surface area (Å²) in [5, 5.41) is 11.9. The zero-order chi connectivity index (χ0) is 13.7. The Morgan fingerprint density at radius 2 is 2.32 bits per heavy atom. The molecule has 2 amide bonds. The molecule has 0 saturated carbocycles. The van der Waals surface area contributed by atoms with E-state index in [0.29, 0.717) is 17.8 Å². The van der Waals surface area contributed by atoms with Gasteiger partial charge in [0.15, 0.2) is 0 Å². The Balaban J connectivity index is 2.01. The van der Waals surface area contributed by atoms with Crippen molar-refractivity contribution >= 4 is 17.4 Å². The van der Waals surface area contributed by atoms with Crippen LogP contribution < -0.4 is 11.1 Å². The second-order valence-electron chi connectivity index (χ2n) is 4.91. The van der Waals surface area contributed by atoms with Gasteiger partial charge in [0.25, 0.3) is 0 Å². The van der Waals surface area contributed by atoms with Crippen LogP contribution in [-0.2, 0) is 0 Å². The molecule has 1 unspecified atom stereocenters. The summed E-state index contributed by atoms with van der Waals surface area (Å²) >= 11 is 0. The number of likely N-dealkylation sites (tertiary alicyclic amines) is 1. The van der Waals surface area contributed by atoms with Crippen LogP contribution in [0, 0.1) is 0 Å². The number of nitrogen functional groups attached to an aromatic ring is 1. The third-order valence-electron chi connectivity index (χ3n) is 3.49. The van der Waals surface area contributed by atoms with Crippen molar-refractivity contribution in [3.63, 3.8) is 0 Å². The van der Waals surface area contributed by atoms with Gasteiger partial charge in [0.1, 0.15) is 0 Å². The molecule has 1 aliphatic rings. The summed E-state index contributed by atoms with van der Waals surface area (Å²) in [6.07, 6.45) is 3.74. The fraction of sp³-hybridized carbons (Fsp3) is 0.500. The van der Waals surface area contributed by atoms with Gasteiger partial charge in [0, 0.05) is 30.6 Å². The van der Waals surface area contributed by atoms with Gasteiger partial charge in [-0.25, -0.2) is 4.79 Å². The van der Waals surface area contributed by atoms with Gasteiger partial charge < -0.3 is 21.1 Å². The quantitative estimate of drug-likeness (QED) is 0.730. The number of piperidine rings is 1. The summed E-state index contributed by atoms with van der Waals surface area (Å²) < 4.78 is 0. The van der Waals surface area contributed by atoms with E-state index in [9.17, 15) is 4.79 Å². The summed E-state index contributed by atoms with van der Waals surface area (Å²) in [4.78, 5) is 14.1. The Bertz CT molecular complexity index is 434. The lowest BCUT2D eigenvalue weighted by Crippen LogP contribution is -2.46. The molecule has 1 heterocycles. The first-order valence-corrected chi connectivity index (χ1v) is 6.74. The Labute approximate surface area is 113 Å². The van der Waals surface area contributed by atoms with Crippen LogP contribution in [0.25, 0.3) is 0 Å². The number of carbonyl (C=O) groups excluding carboxylic acids is 1. The number of carbonyl (C=O) groups is 1. The summed E-state index contributed by atoms with van der Waals surface area (Å²) in [5.41, 5.74) is 7.02. The summed E-state index contributed by atoms with van der Waals surface area (Å²) in [6.45, 7) is 0.867. The number of nitrogens with two attached hydrogens (primary N) is 1. The maximum atomic E-state index is 12.3. The highest BCUT2D eigenvalue weighted by Crippen LogP contribution is 2.21. The lowest BCUT2D eigenvalue weighted by atomic mass is 10.0. The lowest BCUT2D eigenvalue weighted by Gasteiger charge is -2.35. The molecule has 1 aromatic rings. The molecule has 2 rings (SSSR count). The summed E-state index contributed by atoms with van der Waals surface area (Å²) in [6, 6.07) is 7.18. The van der Waals surface area contributed by atoms with Crippen molar-refractivity contribution in [3.05, 3.63) is 24.3 Å². The second kappa shape index (κ2) is 6.43. The van der Waals surface area contributed by atoms with Gasteiger partial charge >= 0.3 is 6.03 Å². The third kappa shape index (κ3) is 3.61. The van der Waals surface area contributed by atoms with E-state index in [-0.39, 0.29) is 18.7 Å². The SMILES string of the molecule is Nc1cccc(NC(=O)N2CCCCC2CCO)c1. The molecule has 4 N–H and O–H groups in total. The van der Waals surface area contributed by atoms with Crippen LogP contribution in [0.3, 0.4) is 0 Å². The van der Waals surface area contributed by atoms with E-state index in [2.05, 4.69) is 5.32 Å². The summed E-state index contributed by atoms with van der Waals surface area (Å²) in [5.74, 6) is 0. The minimum absolute atomic E-state index is 0.108. The number of nitrogens with one attached hydrogen (secondary N) is 1. The molecule has 1 saturated heterocycles. The van der Waals surface area contributed by atoms with Crippen molar-refractivity contribution in [1.29, 1.82) is 0 Å². The molecule has 5 nitrogen and oxygen atoms in total. The normalized spacial score (nSPS) is 19.2. The van der Waals surface area contributed by atoms with E-state index < -0.39 is 0 Å². The zero-order valence-corrected chi connectivity index (χ0v) is 11.0. The molecule has 1 aliphatic heterocycles. The maximum Gasteiger partial charge on any atom is 0.322 e. The molecular weight excluding hydrogens is 242 g/mol. The van der Waals surface area contributed by atoms with Crippen LogP contribution in [0.5, 0.6) is 0 Å². The molecule has 0 aliphatic carbocycles. The average molecular weight is 263 g/mol. The van der Waals surface area contributed by atoms with Gasteiger partial charge in [-0.2, -0.15) is 0 Å². The van der Waals surface area contributed by atoms with Gasteiger partial charge in [-0.1, -0.05) is 6.07 Å². The van der Waals surface area contributed by atoms with Gasteiger partial charge in [-0.3, -0.25) is 0 Å². The van der Waals surface area contributed by atoms with E-state index in [0.717, 1.165) is 25.8 Å². The monoisotopic (exact) mass is 263 g/mol. The fourth-order valence-electron chi connectivity index (χ4n) is 2.53. The van der Waals surface area contributed by atoms with Crippen molar-refractivity contribution in [3.8, 4) is 0 Å². The molecule has 0 aromatic heterocycles. The first-order valence-electron chi connectivity index (χ1n) is 6.74. The van der Waals surface area contributed by atoms with E-state index in [1.165, 1.54) is 0 Å². The predicted molar refractivity (Wildman–Crippen MR) is 75.9 cm³/mol. The maximum absolute atomic E-state index is 12.3. The molecule has 104 valence electrons. The molecule has 1 atom stereocenters. The predicted octanol–water partition coefficient (Wildman–Crippen LogP) is 2.04. The molecule has 0 radical (unpaired) electrons. The average Bonchev–Trinajstić information content (AvgIpc) is 2.39. The third-order valence-corrected chi connectivity index (χ3v) is 3.49. The number of hydrogen-bond donors (Lipinski definition) is 3. The zero-order valence-electron chi connectivity index (χ0n) is 11.0. The molecule has 1 fully saturated rings. The van der Waals surface area contributed by atoms with E-state index in [1.807, 2.05) is 17.0 Å². The molecule has 0 spiro atoms. The van der Waals surface area contributed by atoms with Crippen LogP contribution in [-0.4, -0.2) is 35.2 Å². The Kier molecular flexibility index (Phi) is 4.63. The van der Waals surface area contributed by atoms with Crippen LogP contribution >= 0.6 is 0 Å². The highest BCUT2D eigenvalue weighted by atomic mass is 16.3. The van der Waals surface area contributed by atoms with Crippen molar-refractivity contribution in [2.45, 2.75) is 31.7 Å². The van der Waals surface area contributed by atoms with Crippen LogP contribution in [0.2, 0.25) is 0 Å². The standard InChI is InChI=1S/C14H21N3O2/c15-11-4-3-5-12(10-11)16-14(19)17-8-2-1-6-13(17)7-9-18/h3-5,10,13,18H,1-2,6-9,15H2,(H,16,19). The molecule has 0 bridgehead atoms. The number of rotatable bonds is 3. The van der Waals surface area contributed by atoms with Crippen molar-refractivity contribution in [2.75, 3.05) is 24.2 Å². The number of amides is 2. The molecule has 5 heteroatoms. The Hall–Kier alpha value is -1.75. The number of nitrogens with zero attached hydrogens (tertiary/aromatic N) is 1. The number of anilines is 2. The highest BCUT2D eigenvalue weighted by molar-refractivity contribution is 5.90. The number of aliphatic hydroxyl groups excluding tert-OH is 1. The lowest BCUT2D eigenvalue weighted by molar-refractivity contribution is 0.141. The molecule has 1 aromatic carbocycles. The minimum atomic E-state index is -0.108. The Morgan fingerprint density at radius 1 is 1.47 bits per heavy atom. The van der Waals surface area contributed by atoms with E-state index in [4.69, 9.17) is 10.8 Å². The van der Waals surface area contributed by atoms with Crippen LogP contribution in [0.4, 0.5) is 16.2 Å². The second-order valence-corrected chi connectivity index (χ2v) is 4.91. The topological polar surface area (TPSA) is 78.6 Å². The van der Waals surface area contributed by atoms with Crippen molar-refractivity contribution in [1.82, 2.24) is 4.90 Å². The summed E-state index contributed by atoms with van der Waals surface area (Å²) in [7, 11) is 0. The number of benzene rings is 1. The van der Waals surface area contributed by atoms with Crippen molar-refractivity contribution in [2.24, 2.45) is 0 Å². The fourth-order valence-corrected chi connectivity index (χ4v) is 2.53. The van der Waals surface area contributed by atoms with Gasteiger partial charge in [0.05, 0.1) is 0 Å².